The summed E-state index contributed by atoms with van der Waals surface area (Å²) in [4.78, 5) is 16.9. The molecule has 1 aliphatic rings. The highest BCUT2D eigenvalue weighted by Crippen LogP contribution is 2.40. The van der Waals surface area contributed by atoms with Crippen LogP contribution in [0.5, 0.6) is 0 Å². The summed E-state index contributed by atoms with van der Waals surface area (Å²) in [7, 11) is 0. The quantitative estimate of drug-likeness (QED) is 0.743. The standard InChI is InChI=1S/C18H21N5O2/c1-3-23-17(19-10-20-23)15(12-7-8-12)22-18(24)21-14-6-4-5-13-9-11(2)25-16(13)14/h4-6,9-10,12,15H,3,7-8H2,1-2H3,(H2,21,22,24)/t15-/m0/s1. The van der Waals surface area contributed by atoms with Crippen molar-refractivity contribution < 1.29 is 9.21 Å². The maximum atomic E-state index is 12.6. The highest BCUT2D eigenvalue weighted by Gasteiger charge is 2.36. The van der Waals surface area contributed by atoms with Gasteiger partial charge in [-0.15, -0.1) is 0 Å². The lowest BCUT2D eigenvalue weighted by Gasteiger charge is -2.18. The molecule has 1 saturated carbocycles. The Kier molecular flexibility index (Phi) is 3.91. The number of aryl methyl sites for hydroxylation is 2. The zero-order valence-electron chi connectivity index (χ0n) is 14.3. The second kappa shape index (κ2) is 6.23. The third kappa shape index (κ3) is 3.09. The number of benzene rings is 1. The van der Waals surface area contributed by atoms with Crippen LogP contribution in [0.4, 0.5) is 10.5 Å². The maximum absolute atomic E-state index is 12.6. The molecule has 7 heteroatoms. The summed E-state index contributed by atoms with van der Waals surface area (Å²) in [5.74, 6) is 2.05. The second-order valence-electron chi connectivity index (χ2n) is 6.43. The molecule has 2 amide bonds. The van der Waals surface area contributed by atoms with Gasteiger partial charge in [0.15, 0.2) is 5.58 Å². The van der Waals surface area contributed by atoms with E-state index in [0.29, 0.717) is 17.2 Å². The number of nitrogens with zero attached hydrogens (tertiary/aromatic N) is 3. The summed E-state index contributed by atoms with van der Waals surface area (Å²) in [5.41, 5.74) is 1.35. The van der Waals surface area contributed by atoms with E-state index in [1.54, 1.807) is 6.33 Å². The molecule has 2 aromatic heterocycles. The number of fused-ring (bicyclic) bond motifs is 1. The number of nitrogens with one attached hydrogen (secondary N) is 2. The lowest BCUT2D eigenvalue weighted by molar-refractivity contribution is 0.246. The van der Waals surface area contributed by atoms with Gasteiger partial charge in [0.05, 0.1) is 11.7 Å². The number of amides is 2. The van der Waals surface area contributed by atoms with Crippen LogP contribution < -0.4 is 10.6 Å². The zero-order chi connectivity index (χ0) is 17.4. The van der Waals surface area contributed by atoms with Crippen LogP contribution in [0.3, 0.4) is 0 Å². The molecule has 2 N–H and O–H groups in total. The first-order valence-corrected chi connectivity index (χ1v) is 8.60. The summed E-state index contributed by atoms with van der Waals surface area (Å²) in [6.45, 7) is 4.64. The minimum absolute atomic E-state index is 0.125. The Hall–Kier alpha value is -2.83. The molecule has 0 spiro atoms. The number of carbonyl (C=O) groups excluding carboxylic acids is 1. The van der Waals surface area contributed by atoms with Crippen LogP contribution in [0, 0.1) is 12.8 Å². The van der Waals surface area contributed by atoms with E-state index in [1.165, 1.54) is 0 Å². The first-order valence-electron chi connectivity index (χ1n) is 8.60. The predicted octanol–water partition coefficient (Wildman–Crippen LogP) is 3.63. The van der Waals surface area contributed by atoms with Gasteiger partial charge in [-0.2, -0.15) is 5.10 Å². The first kappa shape index (κ1) is 15.7. The van der Waals surface area contributed by atoms with E-state index >= 15 is 0 Å². The Morgan fingerprint density at radius 1 is 1.44 bits per heavy atom. The van der Waals surface area contributed by atoms with Gasteiger partial charge in [0.25, 0.3) is 0 Å². The number of urea groups is 1. The highest BCUT2D eigenvalue weighted by molar-refractivity contribution is 5.99. The van der Waals surface area contributed by atoms with Crippen molar-refractivity contribution >= 4 is 22.7 Å². The number of hydrogen-bond donors (Lipinski definition) is 2. The largest absolute Gasteiger partial charge is 0.459 e. The third-order valence-electron chi connectivity index (χ3n) is 4.52. The third-order valence-corrected chi connectivity index (χ3v) is 4.52. The van der Waals surface area contributed by atoms with Crippen molar-refractivity contribution in [3.8, 4) is 0 Å². The number of rotatable bonds is 5. The smallest absolute Gasteiger partial charge is 0.319 e. The number of hydrogen-bond acceptors (Lipinski definition) is 4. The van der Waals surface area contributed by atoms with Gasteiger partial charge in [-0.3, -0.25) is 0 Å². The molecule has 0 aliphatic heterocycles. The number of aromatic nitrogens is 3. The van der Waals surface area contributed by atoms with E-state index < -0.39 is 0 Å². The summed E-state index contributed by atoms with van der Waals surface area (Å²) in [6.07, 6.45) is 3.73. The van der Waals surface area contributed by atoms with Crippen LogP contribution in [0.25, 0.3) is 11.0 Å². The van der Waals surface area contributed by atoms with Gasteiger partial charge >= 0.3 is 6.03 Å². The molecule has 25 heavy (non-hydrogen) atoms. The topological polar surface area (TPSA) is 85.0 Å². The zero-order valence-corrected chi connectivity index (χ0v) is 14.3. The number of carbonyl (C=O) groups is 1. The van der Waals surface area contributed by atoms with E-state index in [0.717, 1.165) is 36.4 Å². The lowest BCUT2D eigenvalue weighted by Crippen LogP contribution is -2.35. The normalized spacial score (nSPS) is 15.3. The van der Waals surface area contributed by atoms with Crippen molar-refractivity contribution in [3.63, 3.8) is 0 Å². The lowest BCUT2D eigenvalue weighted by atomic mass is 10.1. The molecule has 0 unspecified atom stereocenters. The molecule has 2 heterocycles. The Labute approximate surface area is 145 Å². The molecule has 1 aliphatic carbocycles. The second-order valence-corrected chi connectivity index (χ2v) is 6.43. The summed E-state index contributed by atoms with van der Waals surface area (Å²) in [5, 5.41) is 11.2. The van der Waals surface area contributed by atoms with Crippen LogP contribution in [0.15, 0.2) is 35.0 Å². The Balaban J connectivity index is 1.54. The minimum Gasteiger partial charge on any atom is -0.459 e. The van der Waals surface area contributed by atoms with Crippen molar-refractivity contribution in [1.29, 1.82) is 0 Å². The fourth-order valence-corrected chi connectivity index (χ4v) is 3.17. The van der Waals surface area contributed by atoms with Crippen molar-refractivity contribution in [3.05, 3.63) is 42.2 Å². The molecule has 1 atom stereocenters. The van der Waals surface area contributed by atoms with E-state index in [4.69, 9.17) is 4.42 Å². The number of furan rings is 1. The molecule has 0 bridgehead atoms. The molecule has 0 saturated heterocycles. The van der Waals surface area contributed by atoms with E-state index in [2.05, 4.69) is 20.7 Å². The Bertz CT molecular complexity index is 909. The van der Waals surface area contributed by atoms with Gasteiger partial charge in [0.2, 0.25) is 0 Å². The van der Waals surface area contributed by atoms with Gasteiger partial charge in [-0.1, -0.05) is 12.1 Å². The average molecular weight is 339 g/mol. The van der Waals surface area contributed by atoms with Crippen LogP contribution in [0.2, 0.25) is 0 Å². The van der Waals surface area contributed by atoms with Crippen molar-refractivity contribution in [1.82, 2.24) is 20.1 Å². The molecule has 4 rings (SSSR count). The summed E-state index contributed by atoms with van der Waals surface area (Å²) < 4.78 is 7.54. The Morgan fingerprint density at radius 2 is 2.28 bits per heavy atom. The molecule has 130 valence electrons. The molecular formula is C18H21N5O2. The van der Waals surface area contributed by atoms with E-state index in [-0.39, 0.29) is 12.1 Å². The molecule has 1 aromatic carbocycles. The average Bonchev–Trinajstić information content (AvgIpc) is 3.19. The molecule has 0 radical (unpaired) electrons. The fourth-order valence-electron chi connectivity index (χ4n) is 3.17. The monoisotopic (exact) mass is 339 g/mol. The Morgan fingerprint density at radius 3 is 3.04 bits per heavy atom. The molecule has 1 fully saturated rings. The first-order chi connectivity index (χ1) is 12.2. The predicted molar refractivity (Wildman–Crippen MR) is 94.3 cm³/mol. The summed E-state index contributed by atoms with van der Waals surface area (Å²) in [6, 6.07) is 7.27. The van der Waals surface area contributed by atoms with Crippen molar-refractivity contribution in [2.45, 2.75) is 39.3 Å². The highest BCUT2D eigenvalue weighted by atomic mass is 16.3. The number of anilines is 1. The van der Waals surface area contributed by atoms with Crippen LogP contribution in [0.1, 0.15) is 37.4 Å². The van der Waals surface area contributed by atoms with Crippen LogP contribution >= 0.6 is 0 Å². The van der Waals surface area contributed by atoms with Crippen LogP contribution in [-0.4, -0.2) is 20.8 Å². The van der Waals surface area contributed by atoms with Gasteiger partial charge < -0.3 is 15.1 Å². The van der Waals surface area contributed by atoms with Gasteiger partial charge in [-0.05, 0) is 44.7 Å². The summed E-state index contributed by atoms with van der Waals surface area (Å²) >= 11 is 0. The molecule has 3 aromatic rings. The molecule has 7 nitrogen and oxygen atoms in total. The molecular weight excluding hydrogens is 318 g/mol. The minimum atomic E-state index is -0.260. The number of para-hydroxylation sites is 1. The van der Waals surface area contributed by atoms with Gasteiger partial charge in [0, 0.05) is 11.9 Å². The van der Waals surface area contributed by atoms with Gasteiger partial charge in [0.1, 0.15) is 17.9 Å². The maximum Gasteiger partial charge on any atom is 0.319 e. The van der Waals surface area contributed by atoms with Crippen LogP contribution in [-0.2, 0) is 6.54 Å². The SMILES string of the molecule is CCn1ncnc1[C@@H](NC(=O)Nc1cccc2cc(C)oc12)C1CC1. The van der Waals surface area contributed by atoms with Crippen molar-refractivity contribution in [2.75, 3.05) is 5.32 Å². The van der Waals surface area contributed by atoms with E-state index in [9.17, 15) is 4.79 Å². The van der Waals surface area contributed by atoms with E-state index in [1.807, 2.05) is 42.8 Å². The van der Waals surface area contributed by atoms with Gasteiger partial charge in [-0.25, -0.2) is 14.5 Å². The fraction of sp³-hybridized carbons (Fsp3) is 0.389. The van der Waals surface area contributed by atoms with Crippen molar-refractivity contribution in [2.24, 2.45) is 5.92 Å².